The lowest BCUT2D eigenvalue weighted by Crippen LogP contribution is -2.29. The van der Waals surface area contributed by atoms with E-state index >= 15 is 0 Å². The number of anilines is 1. The normalized spacial score (nSPS) is 10.8. The van der Waals surface area contributed by atoms with Gasteiger partial charge in [-0.2, -0.15) is 0 Å². The summed E-state index contributed by atoms with van der Waals surface area (Å²) in [5.74, 6) is 0.797. The summed E-state index contributed by atoms with van der Waals surface area (Å²) in [6.45, 7) is 0.341. The van der Waals surface area contributed by atoms with Gasteiger partial charge in [-0.15, -0.1) is 11.3 Å². The number of imidazole rings is 1. The van der Waals surface area contributed by atoms with Crippen molar-refractivity contribution in [2.45, 2.75) is 6.54 Å². The van der Waals surface area contributed by atoms with E-state index in [0.29, 0.717) is 11.7 Å². The quantitative estimate of drug-likeness (QED) is 0.575. The van der Waals surface area contributed by atoms with Crippen molar-refractivity contribution in [2.24, 2.45) is 7.05 Å². The van der Waals surface area contributed by atoms with Crippen LogP contribution in [0.5, 0.6) is 0 Å². The lowest BCUT2D eigenvalue weighted by molar-refractivity contribution is 0.251. The van der Waals surface area contributed by atoms with Gasteiger partial charge in [0.15, 0.2) is 5.13 Å². The standard InChI is InChI=1S/C19H17N5OS/c1-24-16-10-6-5-9-14(16)21-17(24)11-20-18(25)23-19-22-15(12-26-19)13-7-3-2-4-8-13/h2-10,12H,11H2,1H3,(H2,20,22,23,25). The fourth-order valence-electron chi connectivity index (χ4n) is 2.73. The third kappa shape index (κ3) is 3.29. The number of hydrogen-bond acceptors (Lipinski definition) is 4. The van der Waals surface area contributed by atoms with Gasteiger partial charge in [0, 0.05) is 18.0 Å². The van der Waals surface area contributed by atoms with E-state index < -0.39 is 0 Å². The zero-order valence-electron chi connectivity index (χ0n) is 14.1. The molecule has 26 heavy (non-hydrogen) atoms. The first kappa shape index (κ1) is 16.3. The maximum absolute atomic E-state index is 12.2. The fourth-order valence-corrected chi connectivity index (χ4v) is 3.44. The van der Waals surface area contributed by atoms with E-state index in [1.54, 1.807) is 0 Å². The number of aromatic nitrogens is 3. The Morgan fingerprint density at radius 2 is 1.85 bits per heavy atom. The van der Waals surface area contributed by atoms with E-state index in [1.807, 2.05) is 71.6 Å². The molecular formula is C19H17N5OS. The van der Waals surface area contributed by atoms with Gasteiger partial charge in [-0.1, -0.05) is 42.5 Å². The fraction of sp³-hybridized carbons (Fsp3) is 0.105. The molecule has 2 amide bonds. The Bertz CT molecular complexity index is 1050. The van der Waals surface area contributed by atoms with Gasteiger partial charge in [-0.25, -0.2) is 14.8 Å². The van der Waals surface area contributed by atoms with Gasteiger partial charge < -0.3 is 9.88 Å². The van der Waals surface area contributed by atoms with Crippen LogP contribution < -0.4 is 10.6 Å². The third-order valence-corrected chi connectivity index (χ3v) is 4.84. The molecular weight excluding hydrogens is 346 g/mol. The topological polar surface area (TPSA) is 71.8 Å². The van der Waals surface area contributed by atoms with Gasteiger partial charge in [-0.05, 0) is 12.1 Å². The number of rotatable bonds is 4. The summed E-state index contributed by atoms with van der Waals surface area (Å²) < 4.78 is 1.98. The monoisotopic (exact) mass is 363 g/mol. The summed E-state index contributed by atoms with van der Waals surface area (Å²) in [5.41, 5.74) is 3.83. The van der Waals surface area contributed by atoms with Gasteiger partial charge in [-0.3, -0.25) is 5.32 Å². The first-order valence-electron chi connectivity index (χ1n) is 8.17. The minimum absolute atomic E-state index is 0.300. The highest BCUT2D eigenvalue weighted by Crippen LogP contribution is 2.24. The Morgan fingerprint density at radius 1 is 1.08 bits per heavy atom. The molecule has 0 fully saturated rings. The summed E-state index contributed by atoms with van der Waals surface area (Å²) in [6, 6.07) is 17.5. The molecule has 0 bridgehead atoms. The molecule has 0 saturated heterocycles. The third-order valence-electron chi connectivity index (χ3n) is 4.08. The summed E-state index contributed by atoms with van der Waals surface area (Å²) >= 11 is 1.40. The smallest absolute Gasteiger partial charge is 0.321 e. The van der Waals surface area contributed by atoms with E-state index in [-0.39, 0.29) is 6.03 Å². The van der Waals surface area contributed by atoms with Crippen molar-refractivity contribution >= 4 is 33.5 Å². The molecule has 0 atom stereocenters. The van der Waals surface area contributed by atoms with E-state index in [1.165, 1.54) is 11.3 Å². The number of carbonyl (C=O) groups excluding carboxylic acids is 1. The number of nitrogens with one attached hydrogen (secondary N) is 2. The predicted molar refractivity (Wildman–Crippen MR) is 104 cm³/mol. The second-order valence-corrected chi connectivity index (χ2v) is 6.65. The van der Waals surface area contributed by atoms with Crippen LogP contribution in [0.3, 0.4) is 0 Å². The largest absolute Gasteiger partial charge is 0.331 e. The van der Waals surface area contributed by atoms with Gasteiger partial charge in [0.1, 0.15) is 5.82 Å². The van der Waals surface area contributed by atoms with Crippen molar-refractivity contribution in [1.82, 2.24) is 19.9 Å². The average molecular weight is 363 g/mol. The van der Waals surface area contributed by atoms with Crippen LogP contribution in [0.25, 0.3) is 22.3 Å². The average Bonchev–Trinajstić information content (AvgIpc) is 3.26. The maximum Gasteiger partial charge on any atom is 0.321 e. The number of urea groups is 1. The Kier molecular flexibility index (Phi) is 4.37. The minimum Gasteiger partial charge on any atom is -0.331 e. The lowest BCUT2D eigenvalue weighted by atomic mass is 10.2. The number of carbonyl (C=O) groups is 1. The molecule has 0 spiro atoms. The Morgan fingerprint density at radius 3 is 2.65 bits per heavy atom. The number of benzene rings is 2. The number of fused-ring (bicyclic) bond motifs is 1. The van der Waals surface area contributed by atoms with Crippen molar-refractivity contribution in [3.05, 3.63) is 65.8 Å². The van der Waals surface area contributed by atoms with Crippen molar-refractivity contribution in [1.29, 1.82) is 0 Å². The van der Waals surface area contributed by atoms with Crippen LogP contribution in [0, 0.1) is 0 Å². The SMILES string of the molecule is Cn1c(CNC(=O)Nc2nc(-c3ccccc3)cs2)nc2ccccc21. The molecule has 0 aliphatic heterocycles. The van der Waals surface area contributed by atoms with Gasteiger partial charge >= 0.3 is 6.03 Å². The molecule has 2 N–H and O–H groups in total. The molecule has 0 aliphatic rings. The summed E-state index contributed by atoms with van der Waals surface area (Å²) in [7, 11) is 1.94. The number of para-hydroxylation sites is 2. The number of aryl methyl sites for hydroxylation is 1. The molecule has 4 aromatic rings. The Balaban J connectivity index is 1.40. The molecule has 0 saturated carbocycles. The molecule has 0 unspecified atom stereocenters. The highest BCUT2D eigenvalue weighted by atomic mass is 32.1. The lowest BCUT2D eigenvalue weighted by Gasteiger charge is -2.05. The number of amides is 2. The van der Waals surface area contributed by atoms with Crippen LogP contribution in [0.2, 0.25) is 0 Å². The summed E-state index contributed by atoms with van der Waals surface area (Å²) in [6.07, 6.45) is 0. The van der Waals surface area contributed by atoms with E-state index in [2.05, 4.69) is 20.6 Å². The highest BCUT2D eigenvalue weighted by Gasteiger charge is 2.10. The second-order valence-electron chi connectivity index (χ2n) is 5.79. The van der Waals surface area contributed by atoms with Gasteiger partial charge in [0.2, 0.25) is 0 Å². The van der Waals surface area contributed by atoms with Crippen molar-refractivity contribution < 1.29 is 4.79 Å². The van der Waals surface area contributed by atoms with Crippen LogP contribution in [-0.4, -0.2) is 20.6 Å². The van der Waals surface area contributed by atoms with Crippen LogP contribution in [0.4, 0.5) is 9.93 Å². The number of hydrogen-bond donors (Lipinski definition) is 2. The molecule has 2 aromatic carbocycles. The first-order valence-corrected chi connectivity index (χ1v) is 9.05. The second kappa shape index (κ2) is 6.97. The first-order chi connectivity index (χ1) is 12.7. The van der Waals surface area contributed by atoms with Crippen LogP contribution in [0.1, 0.15) is 5.82 Å². The minimum atomic E-state index is -0.300. The van der Waals surface area contributed by atoms with Crippen LogP contribution in [0.15, 0.2) is 60.0 Å². The molecule has 2 aromatic heterocycles. The van der Waals surface area contributed by atoms with Gasteiger partial charge in [0.25, 0.3) is 0 Å². The molecule has 6 nitrogen and oxygen atoms in total. The van der Waals surface area contributed by atoms with Crippen molar-refractivity contribution in [2.75, 3.05) is 5.32 Å². The van der Waals surface area contributed by atoms with E-state index in [9.17, 15) is 4.79 Å². The zero-order chi connectivity index (χ0) is 17.9. The van der Waals surface area contributed by atoms with E-state index in [0.717, 1.165) is 28.1 Å². The summed E-state index contributed by atoms with van der Waals surface area (Å²) in [5, 5.41) is 8.10. The molecule has 7 heteroatoms. The van der Waals surface area contributed by atoms with Crippen molar-refractivity contribution in [3.8, 4) is 11.3 Å². The Hall–Kier alpha value is -3.19. The highest BCUT2D eigenvalue weighted by molar-refractivity contribution is 7.14. The predicted octanol–water partition coefficient (Wildman–Crippen LogP) is 4.02. The van der Waals surface area contributed by atoms with Crippen molar-refractivity contribution in [3.63, 3.8) is 0 Å². The van der Waals surface area contributed by atoms with Crippen LogP contribution in [-0.2, 0) is 13.6 Å². The molecule has 0 aliphatic carbocycles. The maximum atomic E-state index is 12.2. The zero-order valence-corrected chi connectivity index (χ0v) is 15.0. The molecule has 130 valence electrons. The Labute approximate surface area is 154 Å². The summed E-state index contributed by atoms with van der Waals surface area (Å²) in [4.78, 5) is 21.2. The van der Waals surface area contributed by atoms with Gasteiger partial charge in [0.05, 0.1) is 23.3 Å². The number of nitrogens with zero attached hydrogens (tertiary/aromatic N) is 3. The molecule has 2 heterocycles. The number of thiazole rings is 1. The van der Waals surface area contributed by atoms with E-state index in [4.69, 9.17) is 0 Å². The molecule has 0 radical (unpaired) electrons. The molecule has 4 rings (SSSR count). The van der Waals surface area contributed by atoms with Crippen LogP contribution >= 0.6 is 11.3 Å².